The number of benzene rings is 1. The van der Waals surface area contributed by atoms with Gasteiger partial charge in [-0.15, -0.1) is 21.5 Å². The van der Waals surface area contributed by atoms with Crippen LogP contribution in [0, 0.1) is 23.2 Å². The number of phenolic OH excluding ortho intramolecular Hbond substituents is 1. The fourth-order valence-electron chi connectivity index (χ4n) is 5.70. The number of aromatic nitrogens is 4. The van der Waals surface area contributed by atoms with E-state index in [9.17, 15) is 5.11 Å². The number of rotatable bonds is 5. The number of anilines is 1. The first-order valence-electron chi connectivity index (χ1n) is 11.9. The van der Waals surface area contributed by atoms with Crippen LogP contribution in [-0.4, -0.2) is 43.5 Å². The van der Waals surface area contributed by atoms with Gasteiger partial charge in [0.05, 0.1) is 17.9 Å². The maximum absolute atomic E-state index is 15.5. The molecule has 4 atom stereocenters. The first-order valence-corrected chi connectivity index (χ1v) is 12.8. The van der Waals surface area contributed by atoms with Crippen LogP contribution in [0.3, 0.4) is 0 Å². The molecule has 2 aromatic heterocycles. The summed E-state index contributed by atoms with van der Waals surface area (Å²) in [4.78, 5) is 10.9. The molecular weight excluding hydrogens is 451 g/mol. The lowest BCUT2D eigenvalue weighted by atomic mass is 9.69. The Morgan fingerprint density at radius 3 is 2.71 bits per heavy atom. The highest BCUT2D eigenvalue weighted by atomic mass is 32.1. The van der Waals surface area contributed by atoms with Crippen molar-refractivity contribution in [3.8, 4) is 34.3 Å². The van der Waals surface area contributed by atoms with Crippen molar-refractivity contribution in [3.63, 3.8) is 0 Å². The number of nitrogens with zero attached hydrogens (tertiary/aromatic N) is 6. The van der Waals surface area contributed by atoms with E-state index in [2.05, 4.69) is 25.1 Å². The number of hydrogen-bond donors (Lipinski definition) is 1. The van der Waals surface area contributed by atoms with Crippen molar-refractivity contribution in [2.45, 2.75) is 63.2 Å². The van der Waals surface area contributed by atoms with Crippen molar-refractivity contribution in [2.75, 3.05) is 4.90 Å². The monoisotopic (exact) mass is 476 g/mol. The maximum Gasteiger partial charge on any atom is 0.245 e. The second kappa shape index (κ2) is 8.58. The van der Waals surface area contributed by atoms with Crippen molar-refractivity contribution in [3.05, 3.63) is 34.8 Å². The van der Waals surface area contributed by atoms with Crippen LogP contribution >= 0.6 is 11.3 Å². The number of aromatic hydroxyl groups is 1. The molecule has 1 aromatic carbocycles. The van der Waals surface area contributed by atoms with Crippen molar-refractivity contribution < 1.29 is 9.50 Å². The standard InChI is InChI=1S/C25H25FN6OS/c26-24-16-3-1-2-14(8-16)9-21(24)32(17-5-6-17)25-28-12-19(30-31-25)18-7-4-15(10-22(18)33)20-13-34-23(11-27)29-20/h4,7,10,12-14,16-17,21,24,33H,1-3,5-6,8-9H2/t14-,16+,21-,24+/m0/s1. The Kier molecular flexibility index (Phi) is 5.41. The molecule has 1 N–H and O–H groups in total. The number of fused-ring (bicyclic) bond motifs is 2. The summed E-state index contributed by atoms with van der Waals surface area (Å²) in [6.45, 7) is 0. The van der Waals surface area contributed by atoms with E-state index in [-0.39, 0.29) is 17.7 Å². The Morgan fingerprint density at radius 1 is 1.12 bits per heavy atom. The molecule has 2 heterocycles. The van der Waals surface area contributed by atoms with E-state index in [1.807, 2.05) is 12.1 Å². The molecule has 3 fully saturated rings. The van der Waals surface area contributed by atoms with Gasteiger partial charge in [-0.1, -0.05) is 18.9 Å². The molecule has 2 bridgehead atoms. The quantitative estimate of drug-likeness (QED) is 0.545. The summed E-state index contributed by atoms with van der Waals surface area (Å²) in [7, 11) is 0. The lowest BCUT2D eigenvalue weighted by molar-refractivity contribution is 0.0628. The lowest BCUT2D eigenvalue weighted by Crippen LogP contribution is -2.52. The average molecular weight is 477 g/mol. The molecule has 3 aliphatic carbocycles. The van der Waals surface area contributed by atoms with Crippen LogP contribution in [0.5, 0.6) is 5.75 Å². The lowest BCUT2D eigenvalue weighted by Gasteiger charge is -2.46. The minimum absolute atomic E-state index is 0.0378. The number of phenols is 1. The van der Waals surface area contributed by atoms with Crippen LogP contribution in [0.15, 0.2) is 29.8 Å². The Labute approximate surface area is 201 Å². The number of halogens is 1. The van der Waals surface area contributed by atoms with Gasteiger partial charge in [0.25, 0.3) is 0 Å². The van der Waals surface area contributed by atoms with E-state index < -0.39 is 6.17 Å². The SMILES string of the molecule is N#Cc1nc(-c2ccc(-c3cnc(N(C4CC4)[C@H]4C[C@H]5CCC[C@H](C5)[C@H]4F)nn3)c(O)c2)cs1. The molecule has 7 nitrogen and oxygen atoms in total. The maximum atomic E-state index is 15.5. The van der Waals surface area contributed by atoms with E-state index in [1.54, 1.807) is 23.7 Å². The molecule has 34 heavy (non-hydrogen) atoms. The summed E-state index contributed by atoms with van der Waals surface area (Å²) in [5.41, 5.74) is 2.32. The van der Waals surface area contributed by atoms with E-state index in [0.717, 1.165) is 38.5 Å². The highest BCUT2D eigenvalue weighted by Gasteiger charge is 2.47. The fourth-order valence-corrected chi connectivity index (χ4v) is 6.32. The second-order valence-electron chi connectivity index (χ2n) is 9.70. The van der Waals surface area contributed by atoms with Crippen LogP contribution in [-0.2, 0) is 0 Å². The molecule has 0 aliphatic heterocycles. The Balaban J connectivity index is 1.25. The smallest absolute Gasteiger partial charge is 0.245 e. The van der Waals surface area contributed by atoms with Gasteiger partial charge in [0.1, 0.15) is 23.7 Å². The number of nitriles is 1. The zero-order valence-electron chi connectivity index (χ0n) is 18.6. The van der Waals surface area contributed by atoms with Crippen LogP contribution in [0.4, 0.5) is 10.3 Å². The molecule has 174 valence electrons. The van der Waals surface area contributed by atoms with Gasteiger partial charge in [-0.3, -0.25) is 0 Å². The van der Waals surface area contributed by atoms with Gasteiger partial charge in [0, 0.05) is 22.5 Å². The molecule has 3 saturated carbocycles. The normalized spacial score (nSPS) is 26.1. The van der Waals surface area contributed by atoms with Crippen LogP contribution in [0.1, 0.15) is 50.0 Å². The minimum atomic E-state index is -0.843. The third-order valence-electron chi connectivity index (χ3n) is 7.46. The van der Waals surface area contributed by atoms with E-state index >= 15 is 4.39 Å². The molecule has 0 unspecified atom stereocenters. The van der Waals surface area contributed by atoms with E-state index in [1.165, 1.54) is 17.8 Å². The third kappa shape index (κ3) is 3.90. The largest absolute Gasteiger partial charge is 0.507 e. The summed E-state index contributed by atoms with van der Waals surface area (Å²) in [5.74, 6) is 1.28. The van der Waals surface area contributed by atoms with Gasteiger partial charge >= 0.3 is 0 Å². The highest BCUT2D eigenvalue weighted by Crippen LogP contribution is 2.46. The highest BCUT2D eigenvalue weighted by molar-refractivity contribution is 7.10. The molecule has 3 aliphatic rings. The van der Waals surface area contributed by atoms with Gasteiger partial charge < -0.3 is 10.0 Å². The topological polar surface area (TPSA) is 98.8 Å². The third-order valence-corrected chi connectivity index (χ3v) is 8.21. The zero-order valence-corrected chi connectivity index (χ0v) is 19.5. The van der Waals surface area contributed by atoms with Gasteiger partial charge in [-0.05, 0) is 56.1 Å². The molecular formula is C25H25FN6OS. The van der Waals surface area contributed by atoms with Crippen LogP contribution in [0.25, 0.3) is 22.5 Å². The van der Waals surface area contributed by atoms with Crippen molar-refractivity contribution >= 4 is 17.3 Å². The number of alkyl halides is 1. The molecule has 0 spiro atoms. The summed E-state index contributed by atoms with van der Waals surface area (Å²) >= 11 is 1.26. The molecule has 9 heteroatoms. The summed E-state index contributed by atoms with van der Waals surface area (Å²) < 4.78 is 15.5. The minimum Gasteiger partial charge on any atom is -0.507 e. The molecule has 0 amide bonds. The van der Waals surface area contributed by atoms with Crippen LogP contribution in [0.2, 0.25) is 0 Å². The summed E-state index contributed by atoms with van der Waals surface area (Å²) in [6.07, 6.45) is 8.05. The van der Waals surface area contributed by atoms with Crippen LogP contribution < -0.4 is 4.90 Å². The van der Waals surface area contributed by atoms with Gasteiger partial charge in [0.15, 0.2) is 5.01 Å². The fraction of sp³-hybridized carbons (Fsp3) is 0.480. The summed E-state index contributed by atoms with van der Waals surface area (Å²) in [6, 6.07) is 7.32. The summed E-state index contributed by atoms with van der Waals surface area (Å²) in [5, 5.41) is 30.5. The average Bonchev–Trinajstić information content (AvgIpc) is 3.57. The van der Waals surface area contributed by atoms with Gasteiger partial charge in [0.2, 0.25) is 5.95 Å². The first kappa shape index (κ1) is 21.4. The predicted octanol–water partition coefficient (Wildman–Crippen LogP) is 5.12. The molecule has 0 radical (unpaired) electrons. The zero-order chi connectivity index (χ0) is 23.2. The van der Waals surface area contributed by atoms with Crippen molar-refractivity contribution in [2.24, 2.45) is 11.8 Å². The molecule has 0 saturated heterocycles. The van der Waals surface area contributed by atoms with E-state index in [0.29, 0.717) is 45.4 Å². The van der Waals surface area contributed by atoms with Gasteiger partial charge in [-0.25, -0.2) is 14.4 Å². The second-order valence-corrected chi connectivity index (χ2v) is 10.6. The Morgan fingerprint density at radius 2 is 2.00 bits per heavy atom. The predicted molar refractivity (Wildman–Crippen MR) is 127 cm³/mol. The number of thiazole rings is 1. The Hall–Kier alpha value is -3.12. The van der Waals surface area contributed by atoms with Gasteiger partial charge in [-0.2, -0.15) is 5.26 Å². The van der Waals surface area contributed by atoms with Crippen molar-refractivity contribution in [1.82, 2.24) is 20.2 Å². The first-order chi connectivity index (χ1) is 16.6. The van der Waals surface area contributed by atoms with Crippen molar-refractivity contribution in [1.29, 1.82) is 5.26 Å². The number of hydrogen-bond acceptors (Lipinski definition) is 8. The van der Waals surface area contributed by atoms with E-state index in [4.69, 9.17) is 5.26 Å². The molecule has 3 aromatic rings. The Bertz CT molecular complexity index is 1240. The molecule has 6 rings (SSSR count).